The minimum atomic E-state index is -0.655. The zero-order chi connectivity index (χ0) is 16.7. The highest BCUT2D eigenvalue weighted by molar-refractivity contribution is 5.94. The van der Waals surface area contributed by atoms with Crippen LogP contribution < -0.4 is 14.8 Å². The van der Waals surface area contributed by atoms with Gasteiger partial charge in [0.1, 0.15) is 22.8 Å². The van der Waals surface area contributed by atoms with Gasteiger partial charge in [0.05, 0.1) is 27.0 Å². The van der Waals surface area contributed by atoms with Gasteiger partial charge in [0, 0.05) is 6.07 Å². The molecule has 0 aliphatic rings. The number of hydrogen-bond donors (Lipinski definition) is 1. The maximum Gasteiger partial charge on any atom is 0.342 e. The van der Waals surface area contributed by atoms with Crippen molar-refractivity contribution in [1.82, 2.24) is 5.32 Å². The van der Waals surface area contributed by atoms with Gasteiger partial charge in [-0.15, -0.1) is 0 Å². The standard InChI is InChI=1S/C16H17NO6/c1-20-11-5-6-13(14(8-11)21-2)16(19)23-10-15(18)17-9-12-4-3-7-22-12/h3-8H,9-10H2,1-2H3,(H,17,18). The number of furan rings is 1. The van der Waals surface area contributed by atoms with Crippen LogP contribution in [0.2, 0.25) is 0 Å². The van der Waals surface area contributed by atoms with Crippen molar-refractivity contribution in [2.24, 2.45) is 0 Å². The minimum Gasteiger partial charge on any atom is -0.497 e. The summed E-state index contributed by atoms with van der Waals surface area (Å²) in [7, 11) is 2.94. The molecule has 1 aromatic carbocycles. The fourth-order valence-electron chi connectivity index (χ4n) is 1.83. The Balaban J connectivity index is 1.87. The molecule has 0 aliphatic heterocycles. The molecule has 0 spiro atoms. The Morgan fingerprint density at radius 2 is 2.00 bits per heavy atom. The van der Waals surface area contributed by atoms with Crippen LogP contribution in [-0.4, -0.2) is 32.7 Å². The van der Waals surface area contributed by atoms with Gasteiger partial charge in [0.25, 0.3) is 5.91 Å². The lowest BCUT2D eigenvalue weighted by Crippen LogP contribution is -2.28. The number of carbonyl (C=O) groups excluding carboxylic acids is 2. The predicted octanol–water partition coefficient (Wildman–Crippen LogP) is 1.77. The van der Waals surface area contributed by atoms with Crippen molar-refractivity contribution < 1.29 is 28.2 Å². The monoisotopic (exact) mass is 319 g/mol. The van der Waals surface area contributed by atoms with Gasteiger partial charge in [-0.1, -0.05) is 0 Å². The molecule has 1 aromatic heterocycles. The molecule has 0 unspecified atom stereocenters. The first-order valence-electron chi connectivity index (χ1n) is 6.82. The summed E-state index contributed by atoms with van der Waals surface area (Å²) in [5.41, 5.74) is 0.215. The highest BCUT2D eigenvalue weighted by Crippen LogP contribution is 2.25. The number of carbonyl (C=O) groups is 2. The molecule has 23 heavy (non-hydrogen) atoms. The molecular weight excluding hydrogens is 302 g/mol. The number of esters is 1. The van der Waals surface area contributed by atoms with Crippen molar-refractivity contribution in [3.63, 3.8) is 0 Å². The Kier molecular flexibility index (Phi) is 5.62. The quantitative estimate of drug-likeness (QED) is 0.783. The molecular formula is C16H17NO6. The van der Waals surface area contributed by atoms with Gasteiger partial charge in [-0.2, -0.15) is 0 Å². The van der Waals surface area contributed by atoms with E-state index in [0.29, 0.717) is 17.3 Å². The molecule has 2 aromatic rings. The summed E-state index contributed by atoms with van der Waals surface area (Å²) in [6.45, 7) is -0.163. The van der Waals surface area contributed by atoms with Gasteiger partial charge in [0.15, 0.2) is 6.61 Å². The Labute approximate surface area is 133 Å². The van der Waals surface area contributed by atoms with Crippen molar-refractivity contribution in [3.05, 3.63) is 47.9 Å². The molecule has 0 saturated carbocycles. The van der Waals surface area contributed by atoms with E-state index in [0.717, 1.165) is 0 Å². The van der Waals surface area contributed by atoms with E-state index in [1.807, 2.05) is 0 Å². The summed E-state index contributed by atoms with van der Waals surface area (Å²) >= 11 is 0. The van der Waals surface area contributed by atoms with E-state index in [9.17, 15) is 9.59 Å². The van der Waals surface area contributed by atoms with Gasteiger partial charge in [0.2, 0.25) is 0 Å². The van der Waals surface area contributed by atoms with E-state index in [2.05, 4.69) is 5.32 Å². The van der Waals surface area contributed by atoms with Crippen LogP contribution in [0.25, 0.3) is 0 Å². The molecule has 0 saturated heterocycles. The van der Waals surface area contributed by atoms with Gasteiger partial charge in [-0.05, 0) is 24.3 Å². The van der Waals surface area contributed by atoms with Crippen LogP contribution >= 0.6 is 0 Å². The molecule has 0 atom stereocenters. The fraction of sp³-hybridized carbons (Fsp3) is 0.250. The van der Waals surface area contributed by atoms with Gasteiger partial charge < -0.3 is 23.9 Å². The third-order valence-electron chi connectivity index (χ3n) is 3.00. The van der Waals surface area contributed by atoms with Crippen molar-refractivity contribution in [2.75, 3.05) is 20.8 Å². The van der Waals surface area contributed by atoms with Crippen molar-refractivity contribution in [3.8, 4) is 11.5 Å². The number of ether oxygens (including phenoxy) is 3. The first-order valence-corrected chi connectivity index (χ1v) is 6.82. The second-order valence-electron chi connectivity index (χ2n) is 4.50. The molecule has 1 N–H and O–H groups in total. The van der Waals surface area contributed by atoms with Crippen LogP contribution in [0.5, 0.6) is 11.5 Å². The first kappa shape index (κ1) is 16.4. The maximum atomic E-state index is 12.0. The number of benzene rings is 1. The van der Waals surface area contributed by atoms with Crippen LogP contribution in [0.4, 0.5) is 0 Å². The lowest BCUT2D eigenvalue weighted by Gasteiger charge is -2.10. The van der Waals surface area contributed by atoms with Crippen LogP contribution in [-0.2, 0) is 16.1 Å². The van der Waals surface area contributed by atoms with Crippen molar-refractivity contribution >= 4 is 11.9 Å². The Morgan fingerprint density at radius 3 is 2.65 bits per heavy atom. The number of methoxy groups -OCH3 is 2. The molecule has 0 bridgehead atoms. The molecule has 7 heteroatoms. The summed E-state index contributed by atoms with van der Waals surface area (Å²) in [5, 5.41) is 2.58. The molecule has 122 valence electrons. The summed E-state index contributed by atoms with van der Waals surface area (Å²) < 4.78 is 20.2. The van der Waals surface area contributed by atoms with Crippen LogP contribution in [0.1, 0.15) is 16.1 Å². The van der Waals surface area contributed by atoms with Crippen molar-refractivity contribution in [2.45, 2.75) is 6.54 Å². The van der Waals surface area contributed by atoms with E-state index < -0.39 is 18.5 Å². The Morgan fingerprint density at radius 1 is 1.17 bits per heavy atom. The van der Waals surface area contributed by atoms with E-state index >= 15 is 0 Å². The fourth-order valence-corrected chi connectivity index (χ4v) is 1.83. The highest BCUT2D eigenvalue weighted by Gasteiger charge is 2.16. The van der Waals surface area contributed by atoms with Gasteiger partial charge in [-0.3, -0.25) is 4.79 Å². The lowest BCUT2D eigenvalue weighted by molar-refractivity contribution is -0.124. The second kappa shape index (κ2) is 7.88. The van der Waals surface area contributed by atoms with Crippen molar-refractivity contribution in [1.29, 1.82) is 0 Å². The molecule has 2 rings (SSSR count). The summed E-state index contributed by atoms with van der Waals surface area (Å²) in [5.74, 6) is 0.390. The third-order valence-corrected chi connectivity index (χ3v) is 3.00. The smallest absolute Gasteiger partial charge is 0.342 e. The lowest BCUT2D eigenvalue weighted by atomic mass is 10.2. The summed E-state index contributed by atoms with van der Waals surface area (Å²) in [4.78, 5) is 23.7. The first-order chi connectivity index (χ1) is 11.1. The summed E-state index contributed by atoms with van der Waals surface area (Å²) in [6.07, 6.45) is 1.51. The Bertz CT molecular complexity index is 665. The number of hydrogen-bond acceptors (Lipinski definition) is 6. The average molecular weight is 319 g/mol. The van der Waals surface area contributed by atoms with Gasteiger partial charge >= 0.3 is 5.97 Å². The zero-order valence-electron chi connectivity index (χ0n) is 12.8. The number of nitrogens with one attached hydrogen (secondary N) is 1. The van der Waals surface area contributed by atoms with E-state index in [4.69, 9.17) is 18.6 Å². The molecule has 1 amide bonds. The number of amides is 1. The topological polar surface area (TPSA) is 87.0 Å². The molecule has 0 radical (unpaired) electrons. The van der Waals surface area contributed by atoms with Crippen LogP contribution in [0.15, 0.2) is 41.0 Å². The zero-order valence-corrected chi connectivity index (χ0v) is 12.8. The van der Waals surface area contributed by atoms with Gasteiger partial charge in [-0.25, -0.2) is 4.79 Å². The highest BCUT2D eigenvalue weighted by atomic mass is 16.5. The van der Waals surface area contributed by atoms with E-state index in [1.54, 1.807) is 24.3 Å². The normalized spacial score (nSPS) is 10.0. The van der Waals surface area contributed by atoms with E-state index in [-0.39, 0.29) is 12.1 Å². The number of rotatable bonds is 7. The predicted molar refractivity (Wildman–Crippen MR) is 80.4 cm³/mol. The second-order valence-corrected chi connectivity index (χ2v) is 4.50. The third kappa shape index (κ3) is 4.50. The molecule has 0 aliphatic carbocycles. The van der Waals surface area contributed by atoms with E-state index in [1.165, 1.54) is 26.5 Å². The molecule has 7 nitrogen and oxygen atoms in total. The molecule has 0 fully saturated rings. The largest absolute Gasteiger partial charge is 0.497 e. The van der Waals surface area contributed by atoms with Crippen LogP contribution in [0.3, 0.4) is 0 Å². The minimum absolute atomic E-state index is 0.215. The summed E-state index contributed by atoms with van der Waals surface area (Å²) in [6, 6.07) is 8.14. The average Bonchev–Trinajstić information content (AvgIpc) is 3.10. The molecule has 1 heterocycles. The Hall–Kier alpha value is -2.96. The SMILES string of the molecule is COc1ccc(C(=O)OCC(=O)NCc2ccco2)c(OC)c1. The maximum absolute atomic E-state index is 12.0. The van der Waals surface area contributed by atoms with Crippen LogP contribution in [0, 0.1) is 0 Å².